The maximum Gasteiger partial charge on any atom is 0.335 e. The third-order valence-electron chi connectivity index (χ3n) is 5.54. The average Bonchev–Trinajstić information content (AvgIpc) is 3.21. The summed E-state index contributed by atoms with van der Waals surface area (Å²) in [7, 11) is 0. The fourth-order valence-corrected chi connectivity index (χ4v) is 3.92. The maximum atomic E-state index is 12.9. The molecule has 6 nitrogen and oxygen atoms in total. The van der Waals surface area contributed by atoms with Gasteiger partial charge in [0, 0.05) is 6.54 Å². The number of carboxylic acid groups (broad SMARTS) is 1. The Morgan fingerprint density at radius 2 is 1.91 bits per heavy atom. The monoisotopic (exact) mass is 424 g/mol. The third-order valence-corrected chi connectivity index (χ3v) is 5.54. The first-order chi connectivity index (χ1) is 15.6. The molecule has 32 heavy (non-hydrogen) atoms. The van der Waals surface area contributed by atoms with Crippen LogP contribution in [0.2, 0.25) is 0 Å². The molecule has 0 fully saturated rings. The molecule has 0 amide bonds. The first kappa shape index (κ1) is 19.8. The maximum absolute atomic E-state index is 12.9. The Morgan fingerprint density at radius 1 is 1.06 bits per heavy atom. The number of nitrogens with zero attached hydrogens (tertiary/aromatic N) is 2. The summed E-state index contributed by atoms with van der Waals surface area (Å²) in [5.41, 5.74) is 3.34. The van der Waals surface area contributed by atoms with Crippen LogP contribution < -0.4 is 10.3 Å². The molecule has 0 spiro atoms. The van der Waals surface area contributed by atoms with E-state index in [0.717, 1.165) is 22.4 Å². The molecule has 4 aromatic rings. The minimum Gasteiger partial charge on any atom is -0.489 e. The summed E-state index contributed by atoms with van der Waals surface area (Å²) < 4.78 is 7.58. The first-order valence-corrected chi connectivity index (χ1v) is 10.3. The lowest BCUT2D eigenvalue weighted by Gasteiger charge is -2.08. The smallest absolute Gasteiger partial charge is 0.335 e. The number of benzene rings is 3. The SMILES string of the molecule is O=C(O)c1ccc2c(=O)n3c(nc2c1)C(=Cc1cccc(OCc2ccccc2)c1)CC3. The van der Waals surface area contributed by atoms with E-state index in [-0.39, 0.29) is 11.1 Å². The van der Waals surface area contributed by atoms with E-state index in [4.69, 9.17) is 4.74 Å². The molecule has 5 rings (SSSR count). The van der Waals surface area contributed by atoms with Gasteiger partial charge in [0.05, 0.1) is 16.5 Å². The number of ether oxygens (including phenoxy) is 1. The van der Waals surface area contributed by atoms with Gasteiger partial charge in [-0.15, -0.1) is 0 Å². The number of hydrogen-bond donors (Lipinski definition) is 1. The molecule has 1 N–H and O–H groups in total. The van der Waals surface area contributed by atoms with Crippen LogP contribution in [0.3, 0.4) is 0 Å². The summed E-state index contributed by atoms with van der Waals surface area (Å²) in [4.78, 5) is 28.8. The minimum atomic E-state index is -1.04. The molecule has 2 heterocycles. The van der Waals surface area contributed by atoms with Gasteiger partial charge >= 0.3 is 5.97 Å². The number of carbonyl (C=O) groups is 1. The molecule has 3 aromatic carbocycles. The quantitative estimate of drug-likeness (QED) is 0.506. The van der Waals surface area contributed by atoms with Crippen molar-refractivity contribution in [3.8, 4) is 5.75 Å². The highest BCUT2D eigenvalue weighted by atomic mass is 16.5. The topological polar surface area (TPSA) is 81.4 Å². The van der Waals surface area contributed by atoms with Crippen molar-refractivity contribution in [2.75, 3.05) is 0 Å². The molecule has 158 valence electrons. The molecule has 0 saturated heterocycles. The lowest BCUT2D eigenvalue weighted by Crippen LogP contribution is -2.21. The number of aromatic carboxylic acids is 1. The van der Waals surface area contributed by atoms with Crippen LogP contribution in [-0.2, 0) is 13.2 Å². The van der Waals surface area contributed by atoms with Gasteiger partial charge in [0.1, 0.15) is 18.2 Å². The van der Waals surface area contributed by atoms with Gasteiger partial charge in [0.2, 0.25) is 0 Å². The van der Waals surface area contributed by atoms with Crippen molar-refractivity contribution in [2.24, 2.45) is 0 Å². The fourth-order valence-electron chi connectivity index (χ4n) is 3.92. The summed E-state index contributed by atoms with van der Waals surface area (Å²) >= 11 is 0. The highest BCUT2D eigenvalue weighted by Crippen LogP contribution is 2.28. The summed E-state index contributed by atoms with van der Waals surface area (Å²) in [6.07, 6.45) is 2.69. The second-order valence-electron chi connectivity index (χ2n) is 7.70. The van der Waals surface area contributed by atoms with E-state index in [2.05, 4.69) is 4.98 Å². The number of aromatic nitrogens is 2. The van der Waals surface area contributed by atoms with Gasteiger partial charge < -0.3 is 9.84 Å². The molecule has 1 aliphatic rings. The largest absolute Gasteiger partial charge is 0.489 e. The van der Waals surface area contributed by atoms with Crippen LogP contribution >= 0.6 is 0 Å². The van der Waals surface area contributed by atoms with Crippen molar-refractivity contribution in [3.05, 3.63) is 106 Å². The van der Waals surface area contributed by atoms with Crippen molar-refractivity contribution >= 4 is 28.5 Å². The van der Waals surface area contributed by atoms with Gasteiger partial charge in [0.25, 0.3) is 5.56 Å². The zero-order chi connectivity index (χ0) is 22.1. The number of fused-ring (bicyclic) bond motifs is 2. The minimum absolute atomic E-state index is 0.112. The predicted molar refractivity (Wildman–Crippen MR) is 123 cm³/mol. The number of carboxylic acids is 1. The van der Waals surface area contributed by atoms with Gasteiger partial charge in [-0.05, 0) is 59.5 Å². The van der Waals surface area contributed by atoms with E-state index in [1.54, 1.807) is 4.57 Å². The van der Waals surface area contributed by atoms with E-state index < -0.39 is 5.97 Å². The normalized spacial score (nSPS) is 13.9. The van der Waals surface area contributed by atoms with Crippen LogP contribution in [0.25, 0.3) is 22.6 Å². The highest BCUT2D eigenvalue weighted by Gasteiger charge is 2.21. The molecule has 0 bridgehead atoms. The van der Waals surface area contributed by atoms with Crippen molar-refractivity contribution in [1.29, 1.82) is 0 Å². The van der Waals surface area contributed by atoms with E-state index >= 15 is 0 Å². The van der Waals surface area contributed by atoms with Gasteiger partial charge in [-0.1, -0.05) is 42.5 Å². The lowest BCUT2D eigenvalue weighted by atomic mass is 10.1. The van der Waals surface area contributed by atoms with E-state index in [1.165, 1.54) is 18.2 Å². The molecule has 0 atom stereocenters. The van der Waals surface area contributed by atoms with Crippen molar-refractivity contribution in [2.45, 2.75) is 19.6 Å². The predicted octanol–water partition coefficient (Wildman–Crippen LogP) is 4.62. The second kappa shape index (κ2) is 8.15. The van der Waals surface area contributed by atoms with Crippen LogP contribution in [0.5, 0.6) is 5.75 Å². The summed E-state index contributed by atoms with van der Waals surface area (Å²) in [6, 6.07) is 22.2. The molecule has 0 radical (unpaired) electrons. The summed E-state index contributed by atoms with van der Waals surface area (Å²) in [5.74, 6) is 0.300. The van der Waals surface area contributed by atoms with Gasteiger partial charge in [-0.2, -0.15) is 0 Å². The molecular formula is C26H20N2O4. The van der Waals surface area contributed by atoms with E-state index in [0.29, 0.717) is 36.3 Å². The summed E-state index contributed by atoms with van der Waals surface area (Å²) in [6.45, 7) is 1.03. The molecule has 6 heteroatoms. The lowest BCUT2D eigenvalue weighted by molar-refractivity contribution is 0.0697. The zero-order valence-corrected chi connectivity index (χ0v) is 17.2. The summed E-state index contributed by atoms with van der Waals surface area (Å²) in [5, 5.41) is 9.69. The number of allylic oxidation sites excluding steroid dienone is 1. The Balaban J connectivity index is 1.47. The van der Waals surface area contributed by atoms with Crippen LogP contribution in [0.15, 0.2) is 77.6 Å². The van der Waals surface area contributed by atoms with Crippen molar-refractivity contribution in [1.82, 2.24) is 9.55 Å². The Labute approximate surface area is 184 Å². The Morgan fingerprint density at radius 3 is 2.72 bits per heavy atom. The number of hydrogen-bond acceptors (Lipinski definition) is 4. The average molecular weight is 424 g/mol. The molecule has 0 aliphatic carbocycles. The van der Waals surface area contributed by atoms with Crippen molar-refractivity contribution in [3.63, 3.8) is 0 Å². The second-order valence-corrected chi connectivity index (χ2v) is 7.70. The van der Waals surface area contributed by atoms with Crippen LogP contribution in [0, 0.1) is 0 Å². The molecule has 0 unspecified atom stereocenters. The van der Waals surface area contributed by atoms with Crippen LogP contribution in [-0.4, -0.2) is 20.6 Å². The van der Waals surface area contributed by atoms with Gasteiger partial charge in [0.15, 0.2) is 0 Å². The van der Waals surface area contributed by atoms with E-state index in [1.807, 2.05) is 60.7 Å². The van der Waals surface area contributed by atoms with E-state index in [9.17, 15) is 14.7 Å². The van der Waals surface area contributed by atoms with Crippen LogP contribution in [0.4, 0.5) is 0 Å². The molecular weight excluding hydrogens is 404 g/mol. The Bertz CT molecular complexity index is 1420. The zero-order valence-electron chi connectivity index (χ0n) is 17.2. The highest BCUT2D eigenvalue weighted by molar-refractivity contribution is 5.93. The third kappa shape index (κ3) is 3.78. The fraction of sp³-hybridized carbons (Fsp3) is 0.115. The Hall–Kier alpha value is -4.19. The Kier molecular flexibility index (Phi) is 5.03. The number of rotatable bonds is 5. The van der Waals surface area contributed by atoms with Gasteiger partial charge in [-0.25, -0.2) is 9.78 Å². The molecule has 1 aromatic heterocycles. The first-order valence-electron chi connectivity index (χ1n) is 10.3. The van der Waals surface area contributed by atoms with Crippen molar-refractivity contribution < 1.29 is 14.6 Å². The van der Waals surface area contributed by atoms with Crippen LogP contribution in [0.1, 0.15) is 33.7 Å². The van der Waals surface area contributed by atoms with Gasteiger partial charge in [-0.3, -0.25) is 9.36 Å². The standard InChI is InChI=1S/C26H20N2O4/c29-25-22-10-9-20(26(30)31)15-23(22)27-24-19(11-12-28(24)25)13-18-7-4-8-21(14-18)32-16-17-5-2-1-3-6-17/h1-10,13-15H,11-12,16H2,(H,30,31). The molecule has 1 aliphatic heterocycles. The molecule has 0 saturated carbocycles.